The molecule has 0 spiro atoms. The molecule has 162 valence electrons. The number of rotatable bonds is 7. The highest BCUT2D eigenvalue weighted by Crippen LogP contribution is 2.17. The molecule has 0 radical (unpaired) electrons. The summed E-state index contributed by atoms with van der Waals surface area (Å²) in [5.74, 6) is -0.425. The van der Waals surface area contributed by atoms with Crippen molar-refractivity contribution in [2.24, 2.45) is 0 Å². The second-order valence-corrected chi connectivity index (χ2v) is 7.91. The molecule has 0 atom stereocenters. The lowest BCUT2D eigenvalue weighted by Crippen LogP contribution is -2.36. The number of carbonyl (C=O) groups is 3. The zero-order valence-electron chi connectivity index (χ0n) is 17.5. The number of carbonyl (C=O) groups excluding carboxylic acids is 3. The Morgan fingerprint density at radius 3 is 2.19 bits per heavy atom. The molecular formula is C24H27N3O4. The number of morpholine rings is 1. The van der Waals surface area contributed by atoms with Crippen LogP contribution >= 0.6 is 0 Å². The second-order valence-electron chi connectivity index (χ2n) is 7.91. The van der Waals surface area contributed by atoms with Gasteiger partial charge in [0.15, 0.2) is 0 Å². The van der Waals surface area contributed by atoms with Gasteiger partial charge in [0, 0.05) is 44.6 Å². The number of nitrogens with one attached hydrogen (secondary N) is 1. The van der Waals surface area contributed by atoms with E-state index in [1.54, 1.807) is 24.3 Å². The van der Waals surface area contributed by atoms with Crippen molar-refractivity contribution in [1.29, 1.82) is 0 Å². The van der Waals surface area contributed by atoms with Gasteiger partial charge in [-0.1, -0.05) is 36.4 Å². The molecule has 2 aliphatic rings. The van der Waals surface area contributed by atoms with Crippen molar-refractivity contribution in [2.45, 2.75) is 32.5 Å². The highest BCUT2D eigenvalue weighted by Gasteiger charge is 2.28. The smallest absolute Gasteiger partial charge is 0.251 e. The van der Waals surface area contributed by atoms with E-state index in [1.807, 2.05) is 18.2 Å². The Labute approximate surface area is 182 Å². The number of hydrogen-bond donors (Lipinski definition) is 1. The lowest BCUT2D eigenvalue weighted by Gasteiger charge is -2.27. The van der Waals surface area contributed by atoms with Gasteiger partial charge < -0.3 is 10.1 Å². The van der Waals surface area contributed by atoms with Gasteiger partial charge >= 0.3 is 0 Å². The van der Waals surface area contributed by atoms with Gasteiger partial charge in [0.1, 0.15) is 0 Å². The van der Waals surface area contributed by atoms with Gasteiger partial charge in [0.25, 0.3) is 5.91 Å². The van der Waals surface area contributed by atoms with E-state index in [0.717, 1.165) is 44.0 Å². The maximum atomic E-state index is 12.6. The maximum absolute atomic E-state index is 12.6. The van der Waals surface area contributed by atoms with Crippen LogP contribution in [0.4, 0.5) is 0 Å². The molecule has 2 saturated heterocycles. The third kappa shape index (κ3) is 5.37. The molecule has 0 saturated carbocycles. The lowest BCUT2D eigenvalue weighted by atomic mass is 10.1. The van der Waals surface area contributed by atoms with E-state index in [0.29, 0.717) is 12.1 Å². The molecule has 4 rings (SSSR count). The summed E-state index contributed by atoms with van der Waals surface area (Å²) in [6, 6.07) is 15.2. The van der Waals surface area contributed by atoms with Crippen LogP contribution in [0.2, 0.25) is 0 Å². The second kappa shape index (κ2) is 9.85. The maximum Gasteiger partial charge on any atom is 0.251 e. The van der Waals surface area contributed by atoms with E-state index in [2.05, 4.69) is 16.3 Å². The summed E-state index contributed by atoms with van der Waals surface area (Å²) in [5, 5.41) is 3.00. The van der Waals surface area contributed by atoms with E-state index in [4.69, 9.17) is 4.74 Å². The van der Waals surface area contributed by atoms with Crippen molar-refractivity contribution >= 4 is 17.7 Å². The molecule has 2 fully saturated rings. The summed E-state index contributed by atoms with van der Waals surface area (Å²) >= 11 is 0. The predicted molar refractivity (Wildman–Crippen MR) is 115 cm³/mol. The summed E-state index contributed by atoms with van der Waals surface area (Å²) in [6.45, 7) is 4.91. The van der Waals surface area contributed by atoms with Crippen LogP contribution in [0, 0.1) is 0 Å². The third-order valence-corrected chi connectivity index (χ3v) is 5.77. The number of hydrogen-bond acceptors (Lipinski definition) is 5. The van der Waals surface area contributed by atoms with Gasteiger partial charge in [-0.2, -0.15) is 0 Å². The Morgan fingerprint density at radius 2 is 1.52 bits per heavy atom. The number of likely N-dealkylation sites (tertiary alicyclic amines) is 1. The van der Waals surface area contributed by atoms with Gasteiger partial charge in [-0.05, 0) is 28.8 Å². The van der Waals surface area contributed by atoms with Crippen LogP contribution in [0.1, 0.15) is 39.9 Å². The summed E-state index contributed by atoms with van der Waals surface area (Å²) in [6.07, 6.45) is 0.568. The van der Waals surface area contributed by atoms with Crippen LogP contribution in [0.3, 0.4) is 0 Å². The minimum absolute atomic E-state index is 0.137. The van der Waals surface area contributed by atoms with Crippen LogP contribution in [0.5, 0.6) is 0 Å². The van der Waals surface area contributed by atoms with Crippen LogP contribution in [0.25, 0.3) is 0 Å². The van der Waals surface area contributed by atoms with Crippen LogP contribution in [0.15, 0.2) is 48.5 Å². The van der Waals surface area contributed by atoms with E-state index < -0.39 is 0 Å². The zero-order chi connectivity index (χ0) is 21.6. The minimum atomic E-state index is -0.152. The average molecular weight is 421 g/mol. The molecule has 0 bridgehead atoms. The molecule has 31 heavy (non-hydrogen) atoms. The summed E-state index contributed by atoms with van der Waals surface area (Å²) in [4.78, 5) is 39.8. The van der Waals surface area contributed by atoms with Crippen molar-refractivity contribution in [2.75, 3.05) is 26.3 Å². The number of amides is 3. The molecular weight excluding hydrogens is 394 g/mol. The zero-order valence-corrected chi connectivity index (χ0v) is 17.5. The summed E-state index contributed by atoms with van der Waals surface area (Å²) in [5.41, 5.74) is 3.69. The Balaban J connectivity index is 1.34. The van der Waals surface area contributed by atoms with E-state index in [1.165, 1.54) is 10.5 Å². The lowest BCUT2D eigenvalue weighted by molar-refractivity contribution is -0.139. The topological polar surface area (TPSA) is 79.0 Å². The van der Waals surface area contributed by atoms with Crippen molar-refractivity contribution in [1.82, 2.24) is 15.1 Å². The highest BCUT2D eigenvalue weighted by molar-refractivity contribution is 6.01. The van der Waals surface area contributed by atoms with Crippen molar-refractivity contribution < 1.29 is 19.1 Å². The SMILES string of the molecule is O=C(NCc1ccccc1CN1CCOCC1)c1ccc(CN2C(=O)CCC2=O)cc1. The number of benzene rings is 2. The molecule has 0 aromatic heterocycles. The molecule has 7 nitrogen and oxygen atoms in total. The summed E-state index contributed by atoms with van der Waals surface area (Å²) in [7, 11) is 0. The monoisotopic (exact) mass is 421 g/mol. The van der Waals surface area contributed by atoms with Crippen molar-refractivity contribution in [3.8, 4) is 0 Å². The third-order valence-electron chi connectivity index (χ3n) is 5.77. The molecule has 7 heteroatoms. The Hall–Kier alpha value is -3.03. The molecule has 0 unspecified atom stereocenters. The van der Waals surface area contributed by atoms with Crippen molar-refractivity contribution in [3.63, 3.8) is 0 Å². The van der Waals surface area contributed by atoms with Crippen LogP contribution in [-0.2, 0) is 34.0 Å². The fourth-order valence-electron chi connectivity index (χ4n) is 3.91. The van der Waals surface area contributed by atoms with Gasteiger partial charge in [0.05, 0.1) is 19.8 Å². The molecule has 2 aromatic rings. The quantitative estimate of drug-likeness (QED) is 0.693. The molecule has 2 heterocycles. The van der Waals surface area contributed by atoms with Gasteiger partial charge in [-0.15, -0.1) is 0 Å². The van der Waals surface area contributed by atoms with Gasteiger partial charge in [0.2, 0.25) is 11.8 Å². The first-order chi connectivity index (χ1) is 15.1. The Bertz CT molecular complexity index is 936. The average Bonchev–Trinajstić information content (AvgIpc) is 3.11. The number of nitrogens with zero attached hydrogens (tertiary/aromatic N) is 2. The number of ether oxygens (including phenoxy) is 1. The van der Waals surface area contributed by atoms with Crippen LogP contribution < -0.4 is 5.32 Å². The van der Waals surface area contributed by atoms with E-state index in [-0.39, 0.29) is 37.1 Å². The van der Waals surface area contributed by atoms with Gasteiger partial charge in [-0.3, -0.25) is 24.2 Å². The fourth-order valence-corrected chi connectivity index (χ4v) is 3.91. The Morgan fingerprint density at radius 1 is 0.871 bits per heavy atom. The first kappa shape index (κ1) is 21.2. The normalized spacial score (nSPS) is 17.2. The number of imide groups is 1. The standard InChI is InChI=1S/C24H27N3O4/c28-22-9-10-23(29)27(22)16-18-5-7-19(8-6-18)24(30)25-15-20-3-1-2-4-21(20)17-26-11-13-31-14-12-26/h1-8H,9-17H2,(H,25,30). The Kier molecular flexibility index (Phi) is 6.74. The first-order valence-corrected chi connectivity index (χ1v) is 10.7. The highest BCUT2D eigenvalue weighted by atomic mass is 16.5. The molecule has 1 N–H and O–H groups in total. The van der Waals surface area contributed by atoms with Crippen LogP contribution in [-0.4, -0.2) is 53.8 Å². The molecule has 0 aliphatic carbocycles. The molecule has 3 amide bonds. The van der Waals surface area contributed by atoms with E-state index in [9.17, 15) is 14.4 Å². The van der Waals surface area contributed by atoms with Crippen molar-refractivity contribution in [3.05, 3.63) is 70.8 Å². The fraction of sp³-hybridized carbons (Fsp3) is 0.375. The largest absolute Gasteiger partial charge is 0.379 e. The summed E-state index contributed by atoms with van der Waals surface area (Å²) < 4.78 is 5.42. The first-order valence-electron chi connectivity index (χ1n) is 10.7. The van der Waals surface area contributed by atoms with E-state index >= 15 is 0 Å². The van der Waals surface area contributed by atoms with Gasteiger partial charge in [-0.25, -0.2) is 0 Å². The predicted octanol–water partition coefficient (Wildman–Crippen LogP) is 2.10. The molecule has 2 aliphatic heterocycles. The molecule has 2 aromatic carbocycles. The minimum Gasteiger partial charge on any atom is -0.379 e.